The lowest BCUT2D eigenvalue weighted by atomic mass is 9.76. The monoisotopic (exact) mass is 254 g/mol. The summed E-state index contributed by atoms with van der Waals surface area (Å²) < 4.78 is 5.38. The fourth-order valence-electron chi connectivity index (χ4n) is 2.98. The minimum absolute atomic E-state index is 0.0745. The summed E-state index contributed by atoms with van der Waals surface area (Å²) in [6.45, 7) is 7.65. The maximum absolute atomic E-state index is 12.6. The molecule has 4 heteroatoms. The predicted molar refractivity (Wildman–Crippen MR) is 71.4 cm³/mol. The second kappa shape index (κ2) is 5.57. The van der Waals surface area contributed by atoms with E-state index in [0.717, 1.165) is 58.4 Å². The van der Waals surface area contributed by atoms with E-state index in [1.54, 1.807) is 0 Å². The molecule has 2 rings (SSSR count). The molecule has 2 N–H and O–H groups in total. The van der Waals surface area contributed by atoms with E-state index in [2.05, 4.69) is 24.5 Å². The summed E-state index contributed by atoms with van der Waals surface area (Å²) >= 11 is 0. The molecule has 18 heavy (non-hydrogen) atoms. The molecule has 0 aromatic carbocycles. The SMILES string of the molecule is CCC1(C(=O)NC2(C)CCOCC2)CCCNC1. The van der Waals surface area contributed by atoms with Gasteiger partial charge in [-0.15, -0.1) is 0 Å². The Kier molecular flexibility index (Phi) is 4.28. The Labute approximate surface area is 110 Å². The first-order valence-electron chi connectivity index (χ1n) is 7.21. The highest BCUT2D eigenvalue weighted by Crippen LogP contribution is 2.32. The summed E-state index contributed by atoms with van der Waals surface area (Å²) in [6, 6.07) is 0. The van der Waals surface area contributed by atoms with Gasteiger partial charge in [-0.3, -0.25) is 4.79 Å². The zero-order valence-corrected chi connectivity index (χ0v) is 11.7. The van der Waals surface area contributed by atoms with Crippen LogP contribution in [0.5, 0.6) is 0 Å². The van der Waals surface area contributed by atoms with Crippen LogP contribution >= 0.6 is 0 Å². The number of rotatable bonds is 3. The molecular weight excluding hydrogens is 228 g/mol. The Morgan fingerprint density at radius 2 is 2.06 bits per heavy atom. The Bertz CT molecular complexity index is 292. The van der Waals surface area contributed by atoms with E-state index in [9.17, 15) is 4.79 Å². The van der Waals surface area contributed by atoms with Gasteiger partial charge in [0, 0.05) is 25.3 Å². The van der Waals surface area contributed by atoms with Gasteiger partial charge in [-0.1, -0.05) is 6.92 Å². The maximum atomic E-state index is 12.6. The van der Waals surface area contributed by atoms with Gasteiger partial charge in [-0.05, 0) is 45.6 Å². The molecule has 2 aliphatic rings. The Morgan fingerprint density at radius 3 is 2.61 bits per heavy atom. The molecule has 0 bridgehead atoms. The van der Waals surface area contributed by atoms with E-state index in [1.807, 2.05) is 0 Å². The summed E-state index contributed by atoms with van der Waals surface area (Å²) in [7, 11) is 0. The van der Waals surface area contributed by atoms with Crippen molar-refractivity contribution < 1.29 is 9.53 Å². The van der Waals surface area contributed by atoms with Crippen LogP contribution in [0.15, 0.2) is 0 Å². The molecule has 1 unspecified atom stereocenters. The van der Waals surface area contributed by atoms with Crippen LogP contribution in [-0.2, 0) is 9.53 Å². The quantitative estimate of drug-likeness (QED) is 0.801. The van der Waals surface area contributed by atoms with Crippen molar-refractivity contribution in [1.29, 1.82) is 0 Å². The Hall–Kier alpha value is -0.610. The molecule has 104 valence electrons. The summed E-state index contributed by atoms with van der Waals surface area (Å²) in [5, 5.41) is 6.67. The molecule has 0 aromatic rings. The molecule has 0 aromatic heterocycles. The van der Waals surface area contributed by atoms with Gasteiger partial charge < -0.3 is 15.4 Å². The molecule has 1 amide bonds. The normalized spacial score (nSPS) is 31.9. The van der Waals surface area contributed by atoms with Gasteiger partial charge in [0.1, 0.15) is 0 Å². The highest BCUT2D eigenvalue weighted by molar-refractivity contribution is 5.83. The van der Waals surface area contributed by atoms with Crippen LogP contribution in [0.3, 0.4) is 0 Å². The number of carbonyl (C=O) groups is 1. The van der Waals surface area contributed by atoms with Crippen molar-refractivity contribution in [2.24, 2.45) is 5.41 Å². The van der Waals surface area contributed by atoms with Gasteiger partial charge in [-0.25, -0.2) is 0 Å². The lowest BCUT2D eigenvalue weighted by Gasteiger charge is -2.41. The van der Waals surface area contributed by atoms with Crippen molar-refractivity contribution >= 4 is 5.91 Å². The lowest BCUT2D eigenvalue weighted by Crippen LogP contribution is -2.57. The first-order chi connectivity index (χ1) is 8.60. The van der Waals surface area contributed by atoms with Crippen molar-refractivity contribution in [1.82, 2.24) is 10.6 Å². The lowest BCUT2D eigenvalue weighted by molar-refractivity contribution is -0.135. The fourth-order valence-corrected chi connectivity index (χ4v) is 2.98. The number of ether oxygens (including phenoxy) is 1. The van der Waals surface area contributed by atoms with Crippen LogP contribution in [0.25, 0.3) is 0 Å². The Balaban J connectivity index is 2.00. The molecule has 2 saturated heterocycles. The Morgan fingerprint density at radius 1 is 1.33 bits per heavy atom. The largest absolute Gasteiger partial charge is 0.381 e. The van der Waals surface area contributed by atoms with Crippen molar-refractivity contribution in [2.45, 2.75) is 51.5 Å². The van der Waals surface area contributed by atoms with Gasteiger partial charge in [-0.2, -0.15) is 0 Å². The van der Waals surface area contributed by atoms with Crippen molar-refractivity contribution in [3.05, 3.63) is 0 Å². The minimum atomic E-state index is -0.195. The standard InChI is InChI=1S/C14H26N2O2/c1-3-14(5-4-8-15-11-14)12(17)16-13(2)6-9-18-10-7-13/h15H,3-11H2,1-2H3,(H,16,17). The second-order valence-electron chi connectivity index (χ2n) is 6.04. The highest BCUT2D eigenvalue weighted by atomic mass is 16.5. The number of piperidine rings is 1. The highest BCUT2D eigenvalue weighted by Gasteiger charge is 2.41. The fraction of sp³-hybridized carbons (Fsp3) is 0.929. The third-order valence-corrected chi connectivity index (χ3v) is 4.64. The number of nitrogens with one attached hydrogen (secondary N) is 2. The van der Waals surface area contributed by atoms with Gasteiger partial charge >= 0.3 is 0 Å². The van der Waals surface area contributed by atoms with E-state index in [4.69, 9.17) is 4.74 Å². The molecule has 1 atom stereocenters. The van der Waals surface area contributed by atoms with E-state index >= 15 is 0 Å². The second-order valence-corrected chi connectivity index (χ2v) is 6.04. The van der Waals surface area contributed by atoms with E-state index in [1.165, 1.54) is 0 Å². The third-order valence-electron chi connectivity index (χ3n) is 4.64. The van der Waals surface area contributed by atoms with E-state index in [0.29, 0.717) is 0 Å². The van der Waals surface area contributed by atoms with Crippen molar-refractivity contribution in [2.75, 3.05) is 26.3 Å². The summed E-state index contributed by atoms with van der Waals surface area (Å²) in [4.78, 5) is 12.6. The third kappa shape index (κ3) is 2.86. The molecule has 2 fully saturated rings. The van der Waals surface area contributed by atoms with Crippen LogP contribution in [-0.4, -0.2) is 37.7 Å². The van der Waals surface area contributed by atoms with E-state index in [-0.39, 0.29) is 16.9 Å². The van der Waals surface area contributed by atoms with Crippen LogP contribution in [0.4, 0.5) is 0 Å². The zero-order chi connectivity index (χ0) is 13.1. The topological polar surface area (TPSA) is 50.4 Å². The molecule has 2 aliphatic heterocycles. The van der Waals surface area contributed by atoms with Gasteiger partial charge in [0.15, 0.2) is 0 Å². The molecule has 2 heterocycles. The molecule has 0 saturated carbocycles. The number of amides is 1. The number of carbonyl (C=O) groups excluding carboxylic acids is 1. The summed E-state index contributed by atoms with van der Waals surface area (Å²) in [6.07, 6.45) is 4.87. The number of hydrogen-bond acceptors (Lipinski definition) is 3. The minimum Gasteiger partial charge on any atom is -0.381 e. The molecule has 4 nitrogen and oxygen atoms in total. The van der Waals surface area contributed by atoms with Crippen LogP contribution < -0.4 is 10.6 Å². The molecular formula is C14H26N2O2. The van der Waals surface area contributed by atoms with Gasteiger partial charge in [0.2, 0.25) is 5.91 Å². The molecule has 0 radical (unpaired) electrons. The van der Waals surface area contributed by atoms with E-state index < -0.39 is 0 Å². The average Bonchev–Trinajstić information content (AvgIpc) is 2.39. The zero-order valence-electron chi connectivity index (χ0n) is 11.7. The van der Waals surface area contributed by atoms with Gasteiger partial charge in [0.25, 0.3) is 0 Å². The van der Waals surface area contributed by atoms with Gasteiger partial charge in [0.05, 0.1) is 5.41 Å². The smallest absolute Gasteiger partial charge is 0.227 e. The number of hydrogen-bond donors (Lipinski definition) is 2. The van der Waals surface area contributed by atoms with Crippen LogP contribution in [0.1, 0.15) is 46.0 Å². The van der Waals surface area contributed by atoms with Crippen LogP contribution in [0, 0.1) is 5.41 Å². The average molecular weight is 254 g/mol. The predicted octanol–water partition coefficient (Wildman–Crippen LogP) is 1.45. The van der Waals surface area contributed by atoms with Crippen molar-refractivity contribution in [3.63, 3.8) is 0 Å². The van der Waals surface area contributed by atoms with Crippen molar-refractivity contribution in [3.8, 4) is 0 Å². The van der Waals surface area contributed by atoms with Crippen LogP contribution in [0.2, 0.25) is 0 Å². The first-order valence-corrected chi connectivity index (χ1v) is 7.21. The summed E-state index contributed by atoms with van der Waals surface area (Å²) in [5.41, 5.74) is -0.269. The summed E-state index contributed by atoms with van der Waals surface area (Å²) in [5.74, 6) is 0.238. The maximum Gasteiger partial charge on any atom is 0.227 e. The molecule has 0 aliphatic carbocycles. The first kappa shape index (κ1) is 13.8. The molecule has 0 spiro atoms.